The van der Waals surface area contributed by atoms with Crippen molar-refractivity contribution in [3.63, 3.8) is 0 Å². The fraction of sp³-hybridized carbons (Fsp3) is 0.750. The van der Waals surface area contributed by atoms with Gasteiger partial charge in [0.1, 0.15) is 0 Å². The van der Waals surface area contributed by atoms with E-state index in [9.17, 15) is 45.0 Å². The summed E-state index contributed by atoms with van der Waals surface area (Å²) in [4.78, 5) is 11.4. The molecule has 24 heavy (non-hydrogen) atoms. The fourth-order valence-electron chi connectivity index (χ4n) is 1.99. The summed E-state index contributed by atoms with van der Waals surface area (Å²) in [6.07, 6.45) is -17.2. The zero-order chi connectivity index (χ0) is 19.4. The third-order valence-corrected chi connectivity index (χ3v) is 3.39. The number of hydrogen-bond acceptors (Lipinski definition) is 4. The lowest BCUT2D eigenvalue weighted by molar-refractivity contribution is -0.495. The third-order valence-electron chi connectivity index (χ3n) is 3.39. The predicted molar refractivity (Wildman–Crippen MR) is 60.8 cm³/mol. The Hall–Kier alpha value is -1.43. The molecule has 12 heteroatoms. The largest absolute Gasteiger partial charge is 0.449 e. The van der Waals surface area contributed by atoms with Gasteiger partial charge in [0.05, 0.1) is 0 Å². The molecule has 1 aliphatic heterocycles. The summed E-state index contributed by atoms with van der Waals surface area (Å²) in [5.74, 6) is -12.6. The van der Waals surface area contributed by atoms with Crippen LogP contribution in [0, 0.1) is 0 Å². The Balaban J connectivity index is 3.50. The summed E-state index contributed by atoms with van der Waals surface area (Å²) in [5, 5.41) is 9.25. The van der Waals surface area contributed by atoms with Gasteiger partial charge in [-0.2, -0.15) is 35.1 Å². The second-order valence-electron chi connectivity index (χ2n) is 5.47. The first-order valence-corrected chi connectivity index (χ1v) is 6.19. The molecule has 0 radical (unpaired) electrons. The summed E-state index contributed by atoms with van der Waals surface area (Å²) < 4.78 is 113. The molecule has 0 saturated carbocycles. The molecule has 1 saturated heterocycles. The minimum absolute atomic E-state index is 0.145. The first-order valence-electron chi connectivity index (χ1n) is 6.19. The lowest BCUT2D eigenvalue weighted by atomic mass is 9.81. The minimum Gasteiger partial charge on any atom is -0.449 e. The SMILES string of the molecule is C=C(C)C(=O)OC1(C)CC(C(F)(F)F)OC(O)(C(F)(F)F)C1(F)F. The van der Waals surface area contributed by atoms with Crippen molar-refractivity contribution in [2.24, 2.45) is 0 Å². The van der Waals surface area contributed by atoms with Gasteiger partial charge in [-0.15, -0.1) is 0 Å². The van der Waals surface area contributed by atoms with Crippen molar-refractivity contribution in [1.29, 1.82) is 0 Å². The van der Waals surface area contributed by atoms with Crippen LogP contribution in [0.15, 0.2) is 12.2 Å². The van der Waals surface area contributed by atoms with E-state index in [4.69, 9.17) is 0 Å². The number of esters is 1. The van der Waals surface area contributed by atoms with Gasteiger partial charge in [0, 0.05) is 12.0 Å². The molecular formula is C12H12F8O4. The number of carbonyl (C=O) groups is 1. The highest BCUT2D eigenvalue weighted by Crippen LogP contribution is 2.56. The molecular weight excluding hydrogens is 360 g/mol. The average molecular weight is 372 g/mol. The van der Waals surface area contributed by atoms with Gasteiger partial charge in [-0.05, 0) is 13.8 Å². The lowest BCUT2D eigenvalue weighted by Gasteiger charge is -2.51. The number of hydrogen-bond donors (Lipinski definition) is 1. The Morgan fingerprint density at radius 1 is 1.25 bits per heavy atom. The van der Waals surface area contributed by atoms with E-state index in [1.165, 1.54) is 0 Å². The van der Waals surface area contributed by atoms with Gasteiger partial charge in [0.25, 0.3) is 0 Å². The van der Waals surface area contributed by atoms with Gasteiger partial charge in [-0.3, -0.25) is 0 Å². The van der Waals surface area contributed by atoms with E-state index in [1.807, 2.05) is 0 Å². The summed E-state index contributed by atoms with van der Waals surface area (Å²) in [6, 6.07) is 0. The Bertz CT molecular complexity index is 540. The summed E-state index contributed by atoms with van der Waals surface area (Å²) in [5.41, 5.74) is -4.20. The first kappa shape index (κ1) is 20.6. The predicted octanol–water partition coefficient (Wildman–Crippen LogP) is 3.10. The monoisotopic (exact) mass is 372 g/mol. The molecule has 0 bridgehead atoms. The van der Waals surface area contributed by atoms with E-state index in [0.29, 0.717) is 0 Å². The molecule has 3 atom stereocenters. The number of halogens is 8. The minimum atomic E-state index is -6.31. The number of rotatable bonds is 2. The van der Waals surface area contributed by atoms with Crippen molar-refractivity contribution >= 4 is 5.97 Å². The summed E-state index contributed by atoms with van der Waals surface area (Å²) in [7, 11) is 0. The second-order valence-corrected chi connectivity index (χ2v) is 5.47. The zero-order valence-corrected chi connectivity index (χ0v) is 12.2. The van der Waals surface area contributed by atoms with Gasteiger partial charge >= 0.3 is 30.0 Å². The standard InChI is InChI=1S/C12H12F8O4/c1-5(2)7(21)24-8(3)4-6(9(13,14)15)23-11(22,10(8,16)17)12(18,19)20/h6,22H,1,4H2,2-3H3. The fourth-order valence-corrected chi connectivity index (χ4v) is 1.99. The molecule has 1 fully saturated rings. The topological polar surface area (TPSA) is 55.8 Å². The van der Waals surface area contributed by atoms with Crippen LogP contribution in [-0.2, 0) is 14.3 Å². The molecule has 0 aliphatic carbocycles. The number of carbonyl (C=O) groups excluding carboxylic acids is 1. The van der Waals surface area contributed by atoms with Crippen LogP contribution in [-0.4, -0.2) is 46.8 Å². The molecule has 0 aromatic heterocycles. The second kappa shape index (κ2) is 5.55. The number of alkyl halides is 8. The van der Waals surface area contributed by atoms with Gasteiger partial charge < -0.3 is 14.6 Å². The molecule has 0 aromatic carbocycles. The Labute approximate surface area is 130 Å². The Morgan fingerprint density at radius 2 is 1.71 bits per heavy atom. The van der Waals surface area contributed by atoms with E-state index < -0.39 is 53.7 Å². The molecule has 1 aliphatic rings. The van der Waals surface area contributed by atoms with Crippen molar-refractivity contribution < 1.29 is 54.5 Å². The highest BCUT2D eigenvalue weighted by molar-refractivity contribution is 5.87. The van der Waals surface area contributed by atoms with Crippen molar-refractivity contribution in [3.05, 3.63) is 12.2 Å². The first-order chi connectivity index (χ1) is 10.4. The maximum Gasteiger partial charge on any atom is 0.449 e. The van der Waals surface area contributed by atoms with E-state index in [2.05, 4.69) is 16.1 Å². The van der Waals surface area contributed by atoms with Crippen LogP contribution < -0.4 is 0 Å². The van der Waals surface area contributed by atoms with Crippen molar-refractivity contribution in [1.82, 2.24) is 0 Å². The summed E-state index contributed by atoms with van der Waals surface area (Å²) in [6.45, 7) is 4.08. The Morgan fingerprint density at radius 3 is 2.04 bits per heavy atom. The van der Waals surface area contributed by atoms with Crippen LogP contribution in [0.25, 0.3) is 0 Å². The van der Waals surface area contributed by atoms with E-state index >= 15 is 0 Å². The smallest absolute Gasteiger partial charge is 0.449 e. The molecule has 0 spiro atoms. The quantitative estimate of drug-likeness (QED) is 0.460. The van der Waals surface area contributed by atoms with Gasteiger partial charge in [-0.25, -0.2) is 4.79 Å². The van der Waals surface area contributed by atoms with E-state index in [-0.39, 0.29) is 6.92 Å². The van der Waals surface area contributed by atoms with Gasteiger partial charge in [-0.1, -0.05) is 6.58 Å². The molecule has 0 aromatic rings. The van der Waals surface area contributed by atoms with Crippen molar-refractivity contribution in [3.8, 4) is 0 Å². The van der Waals surface area contributed by atoms with Gasteiger partial charge in [0.2, 0.25) is 0 Å². The van der Waals surface area contributed by atoms with Crippen LogP contribution in [0.3, 0.4) is 0 Å². The highest BCUT2D eigenvalue weighted by Gasteiger charge is 2.82. The third kappa shape index (κ3) is 3.08. The van der Waals surface area contributed by atoms with Crippen molar-refractivity contribution in [2.45, 2.75) is 56.0 Å². The molecule has 3 unspecified atom stereocenters. The number of ether oxygens (including phenoxy) is 2. The Kier molecular flexibility index (Phi) is 4.76. The molecule has 0 amide bonds. The van der Waals surface area contributed by atoms with Crippen LogP contribution in [0.2, 0.25) is 0 Å². The normalized spacial score (nSPS) is 33.9. The zero-order valence-electron chi connectivity index (χ0n) is 12.2. The average Bonchev–Trinajstić information content (AvgIpc) is 2.33. The highest BCUT2D eigenvalue weighted by atomic mass is 19.4. The number of aliphatic hydroxyl groups is 1. The van der Waals surface area contributed by atoms with Crippen LogP contribution in [0.5, 0.6) is 0 Å². The molecule has 140 valence electrons. The van der Waals surface area contributed by atoms with Crippen LogP contribution in [0.4, 0.5) is 35.1 Å². The lowest BCUT2D eigenvalue weighted by Crippen LogP contribution is -2.75. The summed E-state index contributed by atoms with van der Waals surface area (Å²) >= 11 is 0. The molecule has 1 heterocycles. The maximum absolute atomic E-state index is 14.2. The van der Waals surface area contributed by atoms with E-state index in [1.54, 1.807) is 0 Å². The maximum atomic E-state index is 14.2. The van der Waals surface area contributed by atoms with E-state index in [0.717, 1.165) is 6.92 Å². The molecule has 1 rings (SSSR count). The van der Waals surface area contributed by atoms with Crippen LogP contribution in [0.1, 0.15) is 20.3 Å². The van der Waals surface area contributed by atoms with Gasteiger partial charge in [0.15, 0.2) is 11.7 Å². The van der Waals surface area contributed by atoms with Crippen LogP contribution >= 0.6 is 0 Å². The molecule has 4 nitrogen and oxygen atoms in total. The van der Waals surface area contributed by atoms with Crippen molar-refractivity contribution in [2.75, 3.05) is 0 Å². The molecule has 1 N–H and O–H groups in total.